The minimum absolute atomic E-state index is 0.0851. The lowest BCUT2D eigenvalue weighted by molar-refractivity contribution is -0.174. The Bertz CT molecular complexity index is 446. The summed E-state index contributed by atoms with van der Waals surface area (Å²) in [4.78, 5) is 13.0. The van der Waals surface area contributed by atoms with E-state index in [1.807, 2.05) is 0 Å². The minimum atomic E-state index is -0.511. The highest BCUT2D eigenvalue weighted by Crippen LogP contribution is 2.62. The van der Waals surface area contributed by atoms with Gasteiger partial charge in [0, 0.05) is 5.92 Å². The molecule has 5 aliphatic carbocycles. The fraction of sp³-hybridized carbons (Fsp3) is 0.944. The van der Waals surface area contributed by atoms with E-state index in [1.54, 1.807) is 0 Å². The van der Waals surface area contributed by atoms with E-state index in [0.29, 0.717) is 23.5 Å². The van der Waals surface area contributed by atoms with Gasteiger partial charge in [-0.05, 0) is 74.5 Å². The third-order valence-electron chi connectivity index (χ3n) is 7.27. The zero-order valence-corrected chi connectivity index (χ0v) is 13.2. The number of aliphatic hydroxyl groups is 1. The van der Waals surface area contributed by atoms with Gasteiger partial charge in [0.2, 0.25) is 0 Å². The highest BCUT2D eigenvalue weighted by atomic mass is 16.3. The van der Waals surface area contributed by atoms with E-state index in [2.05, 4.69) is 6.92 Å². The largest absolute Gasteiger partial charge is 0.390 e. The quantitative estimate of drug-likeness (QED) is 0.840. The summed E-state index contributed by atoms with van der Waals surface area (Å²) < 4.78 is 0. The van der Waals surface area contributed by atoms with Crippen molar-refractivity contribution in [2.45, 2.75) is 76.4 Å². The van der Waals surface area contributed by atoms with Crippen LogP contribution in [0.5, 0.6) is 0 Å². The van der Waals surface area contributed by atoms with Gasteiger partial charge in [-0.3, -0.25) is 4.79 Å². The molecule has 0 aliphatic heterocycles. The SMILES string of the molecule is CC1CCCC1C(=O)C(N)C12CC3CC(CC(O)(C3)C1)C2. The topological polar surface area (TPSA) is 63.3 Å². The van der Waals surface area contributed by atoms with Crippen molar-refractivity contribution in [1.82, 2.24) is 0 Å². The highest BCUT2D eigenvalue weighted by molar-refractivity contribution is 5.87. The van der Waals surface area contributed by atoms with E-state index in [4.69, 9.17) is 5.73 Å². The zero-order valence-electron chi connectivity index (χ0n) is 13.2. The van der Waals surface area contributed by atoms with Crippen LogP contribution in [0.25, 0.3) is 0 Å². The number of carbonyl (C=O) groups excluding carboxylic acids is 1. The molecule has 0 heterocycles. The van der Waals surface area contributed by atoms with Gasteiger partial charge in [-0.1, -0.05) is 13.3 Å². The summed E-state index contributed by atoms with van der Waals surface area (Å²) in [5.41, 5.74) is 5.96. The number of rotatable bonds is 3. The summed E-state index contributed by atoms with van der Waals surface area (Å²) in [6.45, 7) is 2.20. The van der Waals surface area contributed by atoms with Crippen LogP contribution in [-0.2, 0) is 4.79 Å². The molecule has 21 heavy (non-hydrogen) atoms. The molecule has 3 N–H and O–H groups in total. The Kier molecular flexibility index (Phi) is 3.07. The average molecular weight is 291 g/mol. The van der Waals surface area contributed by atoms with Crippen molar-refractivity contribution in [3.05, 3.63) is 0 Å². The van der Waals surface area contributed by atoms with E-state index in [0.717, 1.165) is 38.5 Å². The van der Waals surface area contributed by atoms with Crippen molar-refractivity contribution >= 4 is 5.78 Å². The van der Waals surface area contributed by atoms with Crippen molar-refractivity contribution in [3.8, 4) is 0 Å². The van der Waals surface area contributed by atoms with E-state index in [-0.39, 0.29) is 17.4 Å². The van der Waals surface area contributed by atoms with Crippen LogP contribution < -0.4 is 5.73 Å². The van der Waals surface area contributed by atoms with E-state index in [9.17, 15) is 9.90 Å². The first kappa shape index (κ1) is 14.2. The van der Waals surface area contributed by atoms with Crippen molar-refractivity contribution in [2.24, 2.45) is 34.8 Å². The van der Waals surface area contributed by atoms with Gasteiger partial charge in [-0.15, -0.1) is 0 Å². The van der Waals surface area contributed by atoms with Crippen LogP contribution in [0.15, 0.2) is 0 Å². The van der Waals surface area contributed by atoms with Crippen molar-refractivity contribution in [1.29, 1.82) is 0 Å². The maximum absolute atomic E-state index is 13.0. The third kappa shape index (κ3) is 2.11. The molecule has 0 saturated heterocycles. The Labute approximate surface area is 127 Å². The molecule has 0 radical (unpaired) electrons. The van der Waals surface area contributed by atoms with E-state index >= 15 is 0 Å². The van der Waals surface area contributed by atoms with Crippen molar-refractivity contribution in [2.75, 3.05) is 0 Å². The molecule has 3 heteroatoms. The second-order valence-corrected chi connectivity index (χ2v) is 8.94. The molecule has 118 valence electrons. The summed E-state index contributed by atoms with van der Waals surface area (Å²) in [7, 11) is 0. The predicted octanol–water partition coefficient (Wildman–Crippen LogP) is 2.65. The Morgan fingerprint density at radius 1 is 1.19 bits per heavy atom. The fourth-order valence-electron chi connectivity index (χ4n) is 6.75. The van der Waals surface area contributed by atoms with Crippen LogP contribution in [0, 0.1) is 29.1 Å². The third-order valence-corrected chi connectivity index (χ3v) is 7.27. The maximum Gasteiger partial charge on any atom is 0.153 e. The van der Waals surface area contributed by atoms with Gasteiger partial charge in [0.15, 0.2) is 5.78 Å². The van der Waals surface area contributed by atoms with Crippen LogP contribution in [0.2, 0.25) is 0 Å². The molecule has 5 aliphatic rings. The highest BCUT2D eigenvalue weighted by Gasteiger charge is 2.60. The maximum atomic E-state index is 13.0. The second kappa shape index (κ2) is 4.55. The molecular weight excluding hydrogens is 262 g/mol. The molecule has 5 atom stereocenters. The number of carbonyl (C=O) groups is 1. The van der Waals surface area contributed by atoms with E-state index in [1.165, 1.54) is 19.3 Å². The predicted molar refractivity (Wildman–Crippen MR) is 81.6 cm³/mol. The van der Waals surface area contributed by atoms with Crippen LogP contribution in [0.1, 0.15) is 64.7 Å². The molecule has 4 bridgehead atoms. The second-order valence-electron chi connectivity index (χ2n) is 8.94. The minimum Gasteiger partial charge on any atom is -0.390 e. The van der Waals surface area contributed by atoms with Crippen molar-refractivity contribution < 1.29 is 9.90 Å². The number of ketones is 1. The number of hydrogen-bond donors (Lipinski definition) is 2. The average Bonchev–Trinajstić information content (AvgIpc) is 2.80. The number of hydrogen-bond acceptors (Lipinski definition) is 3. The van der Waals surface area contributed by atoms with Crippen LogP contribution in [0.3, 0.4) is 0 Å². The summed E-state index contributed by atoms with van der Waals surface area (Å²) in [6.07, 6.45) is 9.47. The summed E-state index contributed by atoms with van der Waals surface area (Å²) in [6, 6.07) is -0.333. The van der Waals surface area contributed by atoms with Gasteiger partial charge in [-0.25, -0.2) is 0 Å². The number of Topliss-reactive ketones (excluding diaryl/α,β-unsaturated/α-hetero) is 1. The summed E-state index contributed by atoms with van der Waals surface area (Å²) in [5, 5.41) is 10.8. The lowest BCUT2D eigenvalue weighted by Gasteiger charge is -2.61. The molecule has 3 nitrogen and oxygen atoms in total. The molecule has 0 aromatic rings. The molecule has 5 rings (SSSR count). The zero-order chi connectivity index (χ0) is 14.8. The van der Waals surface area contributed by atoms with Gasteiger partial charge in [0.05, 0.1) is 11.6 Å². The molecule has 0 aromatic heterocycles. The van der Waals surface area contributed by atoms with Crippen LogP contribution in [-0.4, -0.2) is 22.5 Å². The first-order valence-corrected chi connectivity index (χ1v) is 8.93. The van der Waals surface area contributed by atoms with Gasteiger partial charge in [0.1, 0.15) is 0 Å². The van der Waals surface area contributed by atoms with Crippen LogP contribution >= 0.6 is 0 Å². The molecule has 5 fully saturated rings. The Morgan fingerprint density at radius 2 is 1.86 bits per heavy atom. The van der Waals surface area contributed by atoms with Gasteiger partial charge in [0.25, 0.3) is 0 Å². The van der Waals surface area contributed by atoms with Gasteiger partial charge >= 0.3 is 0 Å². The lowest BCUT2D eigenvalue weighted by atomic mass is 9.45. The molecule has 5 saturated carbocycles. The lowest BCUT2D eigenvalue weighted by Crippen LogP contribution is -2.63. The smallest absolute Gasteiger partial charge is 0.153 e. The summed E-state index contributed by atoms with van der Waals surface area (Å²) in [5.74, 6) is 2.21. The first-order valence-electron chi connectivity index (χ1n) is 8.93. The standard InChI is InChI=1S/C18H29NO2/c1-11-3-2-4-14(11)15(20)16(19)17-6-12-5-13(7-17)9-18(21,8-12)10-17/h11-14,16,21H,2-10,19H2,1H3. The fourth-order valence-corrected chi connectivity index (χ4v) is 6.75. The molecule has 0 amide bonds. The van der Waals surface area contributed by atoms with Gasteiger partial charge < -0.3 is 10.8 Å². The Morgan fingerprint density at radius 3 is 2.38 bits per heavy atom. The molecule has 5 unspecified atom stereocenters. The first-order chi connectivity index (χ1) is 9.91. The monoisotopic (exact) mass is 291 g/mol. The van der Waals surface area contributed by atoms with E-state index < -0.39 is 5.60 Å². The Balaban J connectivity index is 1.59. The van der Waals surface area contributed by atoms with Crippen molar-refractivity contribution in [3.63, 3.8) is 0 Å². The molecule has 0 spiro atoms. The van der Waals surface area contributed by atoms with Gasteiger partial charge in [-0.2, -0.15) is 0 Å². The molecule has 0 aromatic carbocycles. The van der Waals surface area contributed by atoms with Crippen LogP contribution in [0.4, 0.5) is 0 Å². The normalized spacial score (nSPS) is 53.1. The summed E-state index contributed by atoms with van der Waals surface area (Å²) >= 11 is 0. The number of nitrogens with two attached hydrogens (primary N) is 1. The Hall–Kier alpha value is -0.410. The molecular formula is C18H29NO2.